The molecule has 0 atom stereocenters. The van der Waals surface area contributed by atoms with Crippen LogP contribution in [0.1, 0.15) is 10.4 Å². The van der Waals surface area contributed by atoms with Gasteiger partial charge in [-0.05, 0) is 30.2 Å². The van der Waals surface area contributed by atoms with Crippen molar-refractivity contribution in [3.05, 3.63) is 45.9 Å². The van der Waals surface area contributed by atoms with Gasteiger partial charge in [0.2, 0.25) is 0 Å². The van der Waals surface area contributed by atoms with Gasteiger partial charge in [0.25, 0.3) is 0 Å². The first-order chi connectivity index (χ1) is 7.22. The van der Waals surface area contributed by atoms with Gasteiger partial charge in [-0.1, -0.05) is 28.1 Å². The fourth-order valence-corrected chi connectivity index (χ4v) is 2.99. The van der Waals surface area contributed by atoms with Crippen LogP contribution in [0.4, 0.5) is 4.39 Å². The molecule has 77 valence electrons. The Kier molecular flexibility index (Phi) is 3.22. The number of thiophene rings is 1. The highest BCUT2D eigenvalue weighted by molar-refractivity contribution is 9.08. The van der Waals surface area contributed by atoms with Crippen LogP contribution in [0.25, 0.3) is 11.1 Å². The zero-order chi connectivity index (χ0) is 10.8. The van der Waals surface area contributed by atoms with Gasteiger partial charge >= 0.3 is 0 Å². The van der Waals surface area contributed by atoms with Gasteiger partial charge in [-0.25, -0.2) is 4.39 Å². The van der Waals surface area contributed by atoms with E-state index < -0.39 is 0 Å². The molecular weight excluding hydrogens is 275 g/mol. The quantitative estimate of drug-likeness (QED) is 0.709. The monoisotopic (exact) mass is 283 g/mol. The summed E-state index contributed by atoms with van der Waals surface area (Å²) in [6.45, 7) is 2.07. The Bertz CT molecular complexity index is 459. The van der Waals surface area contributed by atoms with Crippen molar-refractivity contribution in [2.24, 2.45) is 0 Å². The molecule has 0 amide bonds. The average molecular weight is 284 g/mol. The molecule has 0 nitrogen and oxygen atoms in total. The minimum Gasteiger partial charge on any atom is -0.207 e. The molecule has 2 aromatic rings. The van der Waals surface area contributed by atoms with Gasteiger partial charge in [-0.3, -0.25) is 0 Å². The van der Waals surface area contributed by atoms with Gasteiger partial charge < -0.3 is 0 Å². The van der Waals surface area contributed by atoms with E-state index in [2.05, 4.69) is 28.2 Å². The molecule has 0 N–H and O–H groups in total. The number of halogens is 2. The third-order valence-electron chi connectivity index (χ3n) is 2.32. The van der Waals surface area contributed by atoms with Crippen molar-refractivity contribution in [2.75, 3.05) is 0 Å². The fourth-order valence-electron chi connectivity index (χ4n) is 1.42. The van der Waals surface area contributed by atoms with E-state index in [1.165, 1.54) is 22.6 Å². The zero-order valence-electron chi connectivity index (χ0n) is 8.18. The lowest BCUT2D eigenvalue weighted by atomic mass is 10.0. The summed E-state index contributed by atoms with van der Waals surface area (Å²) in [5.41, 5.74) is 3.33. The molecule has 15 heavy (non-hydrogen) atoms. The summed E-state index contributed by atoms with van der Waals surface area (Å²) in [5.74, 6) is -0.202. The molecule has 1 radical (unpaired) electrons. The summed E-state index contributed by atoms with van der Waals surface area (Å²) < 4.78 is 12.8. The number of rotatable bonds is 2. The topological polar surface area (TPSA) is 0 Å². The Labute approximate surface area is 101 Å². The Morgan fingerprint density at radius 1 is 1.33 bits per heavy atom. The van der Waals surface area contributed by atoms with Gasteiger partial charge in [0, 0.05) is 15.8 Å². The smallest absolute Gasteiger partial charge is 0.123 e. The first-order valence-corrected chi connectivity index (χ1v) is 6.48. The predicted molar refractivity (Wildman–Crippen MR) is 65.9 cm³/mol. The lowest BCUT2D eigenvalue weighted by Gasteiger charge is -2.00. The van der Waals surface area contributed by atoms with E-state index in [1.54, 1.807) is 23.5 Å². The number of hydrogen-bond acceptors (Lipinski definition) is 1. The highest BCUT2D eigenvalue weighted by atomic mass is 79.9. The second-order valence-corrected chi connectivity index (χ2v) is 4.73. The Morgan fingerprint density at radius 2 is 2.00 bits per heavy atom. The molecule has 0 aliphatic carbocycles. The van der Waals surface area contributed by atoms with Crippen molar-refractivity contribution in [1.82, 2.24) is 0 Å². The molecule has 3 heteroatoms. The van der Waals surface area contributed by atoms with E-state index in [0.29, 0.717) is 0 Å². The summed E-state index contributed by atoms with van der Waals surface area (Å²) in [6.07, 6.45) is 0. The van der Waals surface area contributed by atoms with E-state index in [-0.39, 0.29) is 5.82 Å². The second kappa shape index (κ2) is 4.45. The van der Waals surface area contributed by atoms with Crippen LogP contribution in [0.3, 0.4) is 0 Å². The van der Waals surface area contributed by atoms with Gasteiger partial charge in [0.1, 0.15) is 5.82 Å². The van der Waals surface area contributed by atoms with Crippen molar-refractivity contribution in [1.29, 1.82) is 0 Å². The van der Waals surface area contributed by atoms with Crippen LogP contribution in [0.5, 0.6) is 0 Å². The molecule has 0 unspecified atom stereocenters. The molecule has 1 aromatic carbocycles. The van der Waals surface area contributed by atoms with E-state index in [9.17, 15) is 4.39 Å². The van der Waals surface area contributed by atoms with Gasteiger partial charge in [-0.2, -0.15) is 0 Å². The molecule has 2 rings (SSSR count). The van der Waals surface area contributed by atoms with Crippen LogP contribution >= 0.6 is 27.3 Å². The van der Waals surface area contributed by atoms with Crippen molar-refractivity contribution in [2.45, 2.75) is 12.3 Å². The number of benzene rings is 1. The normalized spacial score (nSPS) is 10.6. The third-order valence-corrected chi connectivity index (χ3v) is 4.26. The lowest BCUT2D eigenvalue weighted by molar-refractivity contribution is 0.628. The standard InChI is InChI=1S/C12H9BrFS/c1-8-11(7-15-12(8)6-13)9-2-4-10(14)5-3-9/h2-5H,6H2,1H3. The zero-order valence-corrected chi connectivity index (χ0v) is 10.6. The Morgan fingerprint density at radius 3 is 2.53 bits per heavy atom. The van der Waals surface area contributed by atoms with E-state index in [1.807, 2.05) is 0 Å². The van der Waals surface area contributed by atoms with Crippen molar-refractivity contribution in [3.8, 4) is 11.1 Å². The van der Waals surface area contributed by atoms with Crippen molar-refractivity contribution in [3.63, 3.8) is 0 Å². The Balaban J connectivity index is 2.45. The van der Waals surface area contributed by atoms with E-state index in [0.717, 1.165) is 16.5 Å². The molecule has 1 aromatic heterocycles. The van der Waals surface area contributed by atoms with Gasteiger partial charge in [0.15, 0.2) is 0 Å². The maximum atomic E-state index is 12.8. The van der Waals surface area contributed by atoms with Crippen LogP contribution in [-0.4, -0.2) is 0 Å². The molecule has 0 aliphatic heterocycles. The predicted octanol–water partition coefficient (Wildman–Crippen LogP) is 4.56. The summed E-state index contributed by atoms with van der Waals surface area (Å²) in [7, 11) is 0. The van der Waals surface area contributed by atoms with Crippen molar-refractivity contribution < 1.29 is 4.39 Å². The molecule has 0 saturated heterocycles. The van der Waals surface area contributed by atoms with Crippen LogP contribution in [0.2, 0.25) is 0 Å². The average Bonchev–Trinajstić information content (AvgIpc) is 2.61. The number of hydrogen-bond donors (Lipinski definition) is 0. The van der Waals surface area contributed by atoms with Gasteiger partial charge in [0.05, 0.1) is 5.38 Å². The maximum absolute atomic E-state index is 12.8. The first kappa shape index (κ1) is 10.8. The molecule has 0 bridgehead atoms. The first-order valence-electron chi connectivity index (χ1n) is 4.54. The molecule has 1 heterocycles. The maximum Gasteiger partial charge on any atom is 0.123 e. The fraction of sp³-hybridized carbons (Fsp3) is 0.167. The summed E-state index contributed by atoms with van der Waals surface area (Å²) in [6, 6.07) is 6.54. The molecular formula is C12H9BrFS. The molecule has 0 fully saturated rings. The second-order valence-electron chi connectivity index (χ2n) is 3.27. The lowest BCUT2D eigenvalue weighted by Crippen LogP contribution is -1.81. The Hall–Kier alpha value is -0.670. The number of alkyl halides is 1. The van der Waals surface area contributed by atoms with Crippen molar-refractivity contribution >= 4 is 27.3 Å². The summed E-state index contributed by atoms with van der Waals surface area (Å²) >= 11 is 5.05. The van der Waals surface area contributed by atoms with Crippen LogP contribution < -0.4 is 0 Å². The van der Waals surface area contributed by atoms with Crippen LogP contribution in [0, 0.1) is 18.1 Å². The van der Waals surface area contributed by atoms with E-state index in [4.69, 9.17) is 0 Å². The summed E-state index contributed by atoms with van der Waals surface area (Å²) in [5, 5.41) is 4.10. The SMILES string of the molecule is Cc1c(-c2ccc(F)cc2)[c]sc1CBr. The molecule has 0 saturated carbocycles. The summed E-state index contributed by atoms with van der Waals surface area (Å²) in [4.78, 5) is 1.27. The van der Waals surface area contributed by atoms with E-state index >= 15 is 0 Å². The molecule has 0 spiro atoms. The highest BCUT2D eigenvalue weighted by Gasteiger charge is 2.08. The highest BCUT2D eigenvalue weighted by Crippen LogP contribution is 2.31. The largest absolute Gasteiger partial charge is 0.207 e. The van der Waals surface area contributed by atoms with Crippen LogP contribution in [-0.2, 0) is 5.33 Å². The minimum absolute atomic E-state index is 0.202. The minimum atomic E-state index is -0.202. The van der Waals surface area contributed by atoms with Crippen LogP contribution in [0.15, 0.2) is 24.3 Å². The third kappa shape index (κ3) is 2.13. The van der Waals surface area contributed by atoms with Gasteiger partial charge in [-0.15, -0.1) is 11.3 Å². The molecule has 0 aliphatic rings.